The smallest absolute Gasteiger partial charge is 0.336 e. The molecule has 0 saturated carbocycles. The molecule has 1 aromatic carbocycles. The average molecular weight is 384 g/mol. The van der Waals surface area contributed by atoms with Gasteiger partial charge in [0, 0.05) is 12.1 Å². The van der Waals surface area contributed by atoms with Crippen LogP contribution in [0, 0.1) is 0 Å². The van der Waals surface area contributed by atoms with Gasteiger partial charge in [-0.1, -0.05) is 0 Å². The van der Waals surface area contributed by atoms with Crippen molar-refractivity contribution in [3.8, 4) is 17.2 Å². The summed E-state index contributed by atoms with van der Waals surface area (Å²) in [6, 6.07) is 4.07. The highest BCUT2D eigenvalue weighted by atomic mass is 16.7. The van der Waals surface area contributed by atoms with E-state index in [1.165, 1.54) is 32.4 Å². The molecule has 2 aromatic rings. The lowest BCUT2D eigenvalue weighted by Gasteiger charge is -2.39. The van der Waals surface area contributed by atoms with Gasteiger partial charge in [0.05, 0.1) is 26.2 Å². The molecule has 27 heavy (non-hydrogen) atoms. The number of benzene rings is 1. The standard InChI is InChI=1S/C17H20O10/c1-23-15-7-3-4-11(19)25-8(7)5-9(16(15)24-2)26-17-14(22)13(21)12(20)10(6-18)27-17/h3-5,10,12-14,17-18,20-22H,6H2,1-2H3. The molecular weight excluding hydrogens is 364 g/mol. The van der Waals surface area contributed by atoms with E-state index in [1.807, 2.05) is 0 Å². The second-order valence-electron chi connectivity index (χ2n) is 5.92. The molecule has 4 N–H and O–H groups in total. The summed E-state index contributed by atoms with van der Waals surface area (Å²) in [7, 11) is 2.75. The zero-order valence-electron chi connectivity index (χ0n) is 14.6. The first-order chi connectivity index (χ1) is 12.9. The molecule has 2 heterocycles. The van der Waals surface area contributed by atoms with Gasteiger partial charge in [-0.3, -0.25) is 0 Å². The van der Waals surface area contributed by atoms with E-state index in [2.05, 4.69) is 0 Å². The van der Waals surface area contributed by atoms with E-state index in [-0.39, 0.29) is 22.8 Å². The summed E-state index contributed by atoms with van der Waals surface area (Å²) in [6.45, 7) is -0.599. The quantitative estimate of drug-likeness (QED) is 0.473. The number of rotatable bonds is 5. The van der Waals surface area contributed by atoms with Gasteiger partial charge < -0.3 is 43.8 Å². The number of aliphatic hydroxyl groups is 4. The number of aliphatic hydroxyl groups excluding tert-OH is 4. The van der Waals surface area contributed by atoms with Crippen molar-refractivity contribution in [2.45, 2.75) is 30.7 Å². The molecule has 148 valence electrons. The van der Waals surface area contributed by atoms with E-state index in [4.69, 9.17) is 23.4 Å². The second-order valence-corrected chi connectivity index (χ2v) is 5.92. The van der Waals surface area contributed by atoms with Crippen LogP contribution in [0.4, 0.5) is 0 Å². The van der Waals surface area contributed by atoms with E-state index in [0.29, 0.717) is 5.39 Å². The number of hydrogen-bond acceptors (Lipinski definition) is 10. The van der Waals surface area contributed by atoms with Crippen molar-refractivity contribution in [1.82, 2.24) is 0 Å². The third kappa shape index (κ3) is 3.45. The van der Waals surface area contributed by atoms with Crippen LogP contribution >= 0.6 is 0 Å². The van der Waals surface area contributed by atoms with Crippen molar-refractivity contribution in [1.29, 1.82) is 0 Å². The molecule has 0 aliphatic carbocycles. The monoisotopic (exact) mass is 384 g/mol. The highest BCUT2D eigenvalue weighted by Crippen LogP contribution is 2.44. The molecule has 0 bridgehead atoms. The van der Waals surface area contributed by atoms with Gasteiger partial charge in [-0.05, 0) is 6.07 Å². The van der Waals surface area contributed by atoms with Crippen LogP contribution in [0.5, 0.6) is 17.2 Å². The minimum absolute atomic E-state index is 0.000490. The lowest BCUT2D eigenvalue weighted by molar-refractivity contribution is -0.277. The molecule has 0 spiro atoms. The maximum absolute atomic E-state index is 11.5. The summed E-state index contributed by atoms with van der Waals surface area (Å²) in [5.41, 5.74) is -0.451. The van der Waals surface area contributed by atoms with E-state index in [9.17, 15) is 25.2 Å². The van der Waals surface area contributed by atoms with Crippen LogP contribution in [-0.4, -0.2) is 72.0 Å². The molecule has 10 nitrogen and oxygen atoms in total. The Balaban J connectivity index is 2.04. The molecule has 0 amide bonds. The van der Waals surface area contributed by atoms with Crippen molar-refractivity contribution in [2.75, 3.05) is 20.8 Å². The fraction of sp³-hybridized carbons (Fsp3) is 0.471. The van der Waals surface area contributed by atoms with Gasteiger partial charge in [-0.15, -0.1) is 0 Å². The number of ether oxygens (including phenoxy) is 4. The predicted octanol–water partition coefficient (Wildman–Crippen LogP) is -1.01. The minimum Gasteiger partial charge on any atom is -0.492 e. The number of methoxy groups -OCH3 is 2. The molecule has 0 radical (unpaired) electrons. The lowest BCUT2D eigenvalue weighted by Crippen LogP contribution is -2.60. The minimum atomic E-state index is -1.61. The van der Waals surface area contributed by atoms with Gasteiger partial charge in [0.1, 0.15) is 30.0 Å². The molecule has 1 aliphatic heterocycles. The molecule has 1 aliphatic rings. The highest BCUT2D eigenvalue weighted by molar-refractivity contribution is 5.89. The molecule has 10 heteroatoms. The van der Waals surface area contributed by atoms with Crippen LogP contribution in [0.1, 0.15) is 0 Å². The maximum Gasteiger partial charge on any atom is 0.336 e. The Kier molecular flexibility index (Phi) is 5.53. The zero-order valence-corrected chi connectivity index (χ0v) is 14.6. The van der Waals surface area contributed by atoms with Gasteiger partial charge in [-0.2, -0.15) is 0 Å². The first-order valence-corrected chi connectivity index (χ1v) is 8.07. The van der Waals surface area contributed by atoms with E-state index in [0.717, 1.165) is 0 Å². The van der Waals surface area contributed by atoms with Crippen molar-refractivity contribution >= 4 is 11.0 Å². The first-order valence-electron chi connectivity index (χ1n) is 8.07. The van der Waals surface area contributed by atoms with Gasteiger partial charge in [0.15, 0.2) is 11.5 Å². The zero-order chi connectivity index (χ0) is 19.7. The first kappa shape index (κ1) is 19.4. The molecular formula is C17H20O10. The Morgan fingerprint density at radius 1 is 1.04 bits per heavy atom. The van der Waals surface area contributed by atoms with Gasteiger partial charge in [0.25, 0.3) is 0 Å². The van der Waals surface area contributed by atoms with Crippen LogP contribution in [-0.2, 0) is 4.74 Å². The molecule has 1 fully saturated rings. The Labute approximate surface area is 153 Å². The van der Waals surface area contributed by atoms with Crippen LogP contribution in [0.15, 0.2) is 27.4 Å². The fourth-order valence-electron chi connectivity index (χ4n) is 2.92. The molecule has 1 saturated heterocycles. The van der Waals surface area contributed by atoms with E-state index in [1.54, 1.807) is 0 Å². The van der Waals surface area contributed by atoms with Crippen LogP contribution in [0.25, 0.3) is 11.0 Å². The molecule has 1 aromatic heterocycles. The van der Waals surface area contributed by atoms with E-state index >= 15 is 0 Å². The molecule has 5 atom stereocenters. The summed E-state index contributed by atoms with van der Waals surface area (Å²) in [5.74, 6) is 0.356. The third-order valence-corrected chi connectivity index (χ3v) is 4.30. The lowest BCUT2D eigenvalue weighted by atomic mass is 9.99. The van der Waals surface area contributed by atoms with E-state index < -0.39 is 42.9 Å². The Morgan fingerprint density at radius 3 is 2.37 bits per heavy atom. The normalized spacial score (nSPS) is 28.1. The number of fused-ring (bicyclic) bond motifs is 1. The Hall–Kier alpha value is -2.37. The summed E-state index contributed by atoms with van der Waals surface area (Å²) in [5, 5.41) is 39.6. The largest absolute Gasteiger partial charge is 0.492 e. The maximum atomic E-state index is 11.5. The van der Waals surface area contributed by atoms with Crippen molar-refractivity contribution in [2.24, 2.45) is 0 Å². The summed E-state index contributed by atoms with van der Waals surface area (Å²) >= 11 is 0. The number of hydrogen-bond donors (Lipinski definition) is 4. The van der Waals surface area contributed by atoms with Crippen molar-refractivity contribution < 1.29 is 43.8 Å². The summed E-state index contributed by atoms with van der Waals surface area (Å²) in [6.07, 6.45) is -7.31. The SMILES string of the molecule is COc1c(OC2OC(CO)C(O)C(O)C2O)cc2oc(=O)ccc2c1OC. The van der Waals surface area contributed by atoms with Gasteiger partial charge in [-0.25, -0.2) is 4.79 Å². The predicted molar refractivity (Wildman–Crippen MR) is 90.0 cm³/mol. The van der Waals surface area contributed by atoms with Crippen molar-refractivity contribution in [3.63, 3.8) is 0 Å². The third-order valence-electron chi connectivity index (χ3n) is 4.30. The fourth-order valence-corrected chi connectivity index (χ4v) is 2.92. The van der Waals surface area contributed by atoms with Crippen LogP contribution < -0.4 is 19.8 Å². The Morgan fingerprint density at radius 2 is 1.74 bits per heavy atom. The second kappa shape index (κ2) is 7.71. The summed E-state index contributed by atoms with van der Waals surface area (Å²) in [4.78, 5) is 11.5. The van der Waals surface area contributed by atoms with Gasteiger partial charge >= 0.3 is 5.63 Å². The summed E-state index contributed by atoms with van der Waals surface area (Å²) < 4.78 is 26.7. The Bertz CT molecular complexity index is 861. The topological polar surface area (TPSA) is 148 Å². The molecule has 5 unspecified atom stereocenters. The highest BCUT2D eigenvalue weighted by Gasteiger charge is 2.45. The van der Waals surface area contributed by atoms with Crippen LogP contribution in [0.3, 0.4) is 0 Å². The van der Waals surface area contributed by atoms with Crippen LogP contribution in [0.2, 0.25) is 0 Å². The average Bonchev–Trinajstić information content (AvgIpc) is 2.66. The van der Waals surface area contributed by atoms with Crippen molar-refractivity contribution in [3.05, 3.63) is 28.6 Å². The molecule has 3 rings (SSSR count). The van der Waals surface area contributed by atoms with Gasteiger partial charge in [0.2, 0.25) is 12.0 Å².